The van der Waals surface area contributed by atoms with E-state index in [1.54, 1.807) is 0 Å². The second-order valence-electron chi connectivity index (χ2n) is 7.19. The summed E-state index contributed by atoms with van der Waals surface area (Å²) in [5.74, 6) is -2.58. The number of ether oxygens (including phenoxy) is 1. The van der Waals surface area contributed by atoms with Gasteiger partial charge in [0.15, 0.2) is 11.3 Å². The molecule has 2 aliphatic rings. The van der Waals surface area contributed by atoms with E-state index < -0.39 is 42.1 Å². The number of nitrogens with zero attached hydrogens (tertiary/aromatic N) is 2. The zero-order valence-corrected chi connectivity index (χ0v) is 16.6. The lowest BCUT2D eigenvalue weighted by molar-refractivity contribution is -0.215. The zero-order chi connectivity index (χ0) is 22.4. The summed E-state index contributed by atoms with van der Waals surface area (Å²) < 4.78 is 60.4. The van der Waals surface area contributed by atoms with Crippen LogP contribution in [0.3, 0.4) is 0 Å². The molecule has 12 heteroatoms. The van der Waals surface area contributed by atoms with E-state index in [0.29, 0.717) is 5.69 Å². The van der Waals surface area contributed by atoms with Crippen LogP contribution in [0, 0.1) is 11.7 Å². The number of nitrogens with two attached hydrogens (primary N) is 2. The van der Waals surface area contributed by atoms with Crippen molar-refractivity contribution in [2.45, 2.75) is 17.8 Å². The number of carbonyl (C=O) groups excluding carboxylic acids is 1. The van der Waals surface area contributed by atoms with Gasteiger partial charge in [0, 0.05) is 22.9 Å². The van der Waals surface area contributed by atoms with Crippen LogP contribution in [0.15, 0.2) is 41.5 Å². The van der Waals surface area contributed by atoms with E-state index in [1.165, 1.54) is 30.5 Å². The quantitative estimate of drug-likeness (QED) is 0.613. The second-order valence-corrected chi connectivity index (χ2v) is 8.23. The van der Waals surface area contributed by atoms with Gasteiger partial charge in [-0.25, -0.2) is 14.4 Å². The first-order valence-electron chi connectivity index (χ1n) is 9.09. The minimum absolute atomic E-state index is 0.0368. The summed E-state index contributed by atoms with van der Waals surface area (Å²) in [6, 6.07) is 6.51. The lowest BCUT2D eigenvalue weighted by atomic mass is 9.78. The minimum Gasteiger partial charge on any atom is -0.397 e. The van der Waals surface area contributed by atoms with Crippen LogP contribution in [-0.2, 0) is 10.3 Å². The van der Waals surface area contributed by atoms with Gasteiger partial charge >= 0.3 is 6.18 Å². The maximum absolute atomic E-state index is 14.9. The molecule has 0 spiro atoms. The number of benzene rings is 1. The Morgan fingerprint density at radius 3 is 2.71 bits per heavy atom. The van der Waals surface area contributed by atoms with Crippen molar-refractivity contribution in [3.8, 4) is 0 Å². The highest BCUT2D eigenvalue weighted by molar-refractivity contribution is 8.13. The molecule has 1 fully saturated rings. The molecule has 1 saturated heterocycles. The Bertz CT molecular complexity index is 1050. The Balaban J connectivity index is 1.71. The third-order valence-corrected chi connectivity index (χ3v) is 6.13. The van der Waals surface area contributed by atoms with Crippen LogP contribution in [0.5, 0.6) is 0 Å². The predicted octanol–water partition coefficient (Wildman–Crippen LogP) is 2.89. The number of halogens is 4. The van der Waals surface area contributed by atoms with Gasteiger partial charge in [0.25, 0.3) is 5.91 Å². The van der Waals surface area contributed by atoms with Crippen molar-refractivity contribution >= 4 is 34.2 Å². The van der Waals surface area contributed by atoms with E-state index in [0.717, 1.165) is 17.8 Å². The molecule has 4 rings (SSSR count). The van der Waals surface area contributed by atoms with Gasteiger partial charge in [0.2, 0.25) is 0 Å². The van der Waals surface area contributed by atoms with Gasteiger partial charge in [-0.1, -0.05) is 11.8 Å². The molecular weight excluding hydrogens is 438 g/mol. The number of amides is 1. The van der Waals surface area contributed by atoms with Crippen molar-refractivity contribution in [2.24, 2.45) is 16.6 Å². The van der Waals surface area contributed by atoms with Gasteiger partial charge in [-0.3, -0.25) is 4.79 Å². The van der Waals surface area contributed by atoms with Crippen LogP contribution >= 0.6 is 11.8 Å². The lowest BCUT2D eigenvalue weighted by Gasteiger charge is -2.36. The molecular formula is C19H17F4N5O2S. The Morgan fingerprint density at radius 2 is 2.03 bits per heavy atom. The molecule has 164 valence electrons. The Kier molecular flexibility index (Phi) is 5.30. The van der Waals surface area contributed by atoms with E-state index in [4.69, 9.17) is 16.2 Å². The number of anilines is 2. The molecule has 1 aromatic heterocycles. The molecule has 3 heterocycles. The van der Waals surface area contributed by atoms with E-state index in [9.17, 15) is 22.4 Å². The Labute approximate surface area is 178 Å². The fourth-order valence-electron chi connectivity index (χ4n) is 3.76. The first-order chi connectivity index (χ1) is 14.6. The summed E-state index contributed by atoms with van der Waals surface area (Å²) in [7, 11) is 0. The van der Waals surface area contributed by atoms with Crippen molar-refractivity contribution in [3.05, 3.63) is 53.6 Å². The monoisotopic (exact) mass is 455 g/mol. The van der Waals surface area contributed by atoms with Gasteiger partial charge in [-0.15, -0.1) is 0 Å². The highest BCUT2D eigenvalue weighted by Gasteiger charge is 2.61. The van der Waals surface area contributed by atoms with Crippen LogP contribution in [0.25, 0.3) is 0 Å². The van der Waals surface area contributed by atoms with Gasteiger partial charge in [-0.05, 0) is 30.3 Å². The summed E-state index contributed by atoms with van der Waals surface area (Å²) in [6.45, 7) is -0.489. The number of carbonyl (C=O) groups is 1. The molecule has 1 aromatic carbocycles. The van der Waals surface area contributed by atoms with Crippen LogP contribution in [0.2, 0.25) is 0 Å². The first-order valence-corrected chi connectivity index (χ1v) is 10.1. The van der Waals surface area contributed by atoms with E-state index in [-0.39, 0.29) is 27.9 Å². The molecule has 0 radical (unpaired) electrons. The number of alkyl halides is 3. The largest absolute Gasteiger partial charge is 0.415 e. The number of nitrogens with one attached hydrogen (secondary N) is 1. The number of aromatic nitrogens is 1. The average molecular weight is 455 g/mol. The van der Waals surface area contributed by atoms with Crippen LogP contribution in [-0.4, -0.2) is 40.7 Å². The summed E-state index contributed by atoms with van der Waals surface area (Å²) in [4.78, 5) is 20.5. The smallest absolute Gasteiger partial charge is 0.397 e. The summed E-state index contributed by atoms with van der Waals surface area (Å²) >= 11 is 0.964. The summed E-state index contributed by atoms with van der Waals surface area (Å²) in [6.07, 6.45) is -5.44. The third kappa shape index (κ3) is 3.92. The standard InChI is InChI=1S/C19H17F4N5O2S/c20-13-3-2-10(27-16(29)14-4-1-9(24)6-26-14)5-11(13)18-8-30-15(19(21,22)23)12(18)7-31-17(25)28-18/h1-6,12,15H,7-8,24H2,(H2,25,28)(H,27,29)/t12-,15+,18-/m1/s1. The first kappa shape index (κ1) is 21.4. The number of hydrogen-bond donors (Lipinski definition) is 3. The average Bonchev–Trinajstić information content (AvgIpc) is 3.09. The lowest BCUT2D eigenvalue weighted by Crippen LogP contribution is -2.46. The molecule has 5 N–H and O–H groups in total. The van der Waals surface area contributed by atoms with Crippen molar-refractivity contribution in [1.82, 2.24) is 4.98 Å². The van der Waals surface area contributed by atoms with Crippen molar-refractivity contribution in [3.63, 3.8) is 0 Å². The number of amidine groups is 1. The molecule has 7 nitrogen and oxygen atoms in total. The number of aliphatic imine (C=N–C) groups is 1. The van der Waals surface area contributed by atoms with Crippen molar-refractivity contribution in [1.29, 1.82) is 0 Å². The third-order valence-electron chi connectivity index (χ3n) is 5.21. The van der Waals surface area contributed by atoms with Crippen LogP contribution in [0.1, 0.15) is 16.1 Å². The zero-order valence-electron chi connectivity index (χ0n) is 15.8. The highest BCUT2D eigenvalue weighted by atomic mass is 32.2. The number of hydrogen-bond acceptors (Lipinski definition) is 7. The summed E-state index contributed by atoms with van der Waals surface area (Å²) in [5, 5.41) is 2.60. The van der Waals surface area contributed by atoms with E-state index in [2.05, 4.69) is 15.3 Å². The second kappa shape index (κ2) is 7.68. The van der Waals surface area contributed by atoms with Crippen molar-refractivity contribution in [2.75, 3.05) is 23.4 Å². The van der Waals surface area contributed by atoms with E-state index in [1.807, 2.05) is 0 Å². The number of fused-ring (bicyclic) bond motifs is 1. The molecule has 0 bridgehead atoms. The fourth-order valence-corrected chi connectivity index (χ4v) is 4.79. The minimum atomic E-state index is -4.64. The van der Waals surface area contributed by atoms with Crippen molar-refractivity contribution < 1.29 is 27.1 Å². The summed E-state index contributed by atoms with van der Waals surface area (Å²) in [5.41, 5.74) is 10.2. The molecule has 0 unspecified atom stereocenters. The Hall–Kier alpha value is -2.86. The predicted molar refractivity (Wildman–Crippen MR) is 108 cm³/mol. The number of rotatable bonds is 3. The molecule has 2 aliphatic heterocycles. The molecule has 1 amide bonds. The molecule has 31 heavy (non-hydrogen) atoms. The van der Waals surface area contributed by atoms with Gasteiger partial charge in [-0.2, -0.15) is 13.2 Å². The van der Waals surface area contributed by atoms with Crippen LogP contribution < -0.4 is 16.8 Å². The highest BCUT2D eigenvalue weighted by Crippen LogP contribution is 2.52. The molecule has 2 aromatic rings. The maximum atomic E-state index is 14.9. The van der Waals surface area contributed by atoms with Gasteiger partial charge < -0.3 is 21.5 Å². The number of nitrogen functional groups attached to an aromatic ring is 1. The Morgan fingerprint density at radius 1 is 1.26 bits per heavy atom. The molecule has 0 saturated carbocycles. The van der Waals surface area contributed by atoms with Crippen LogP contribution in [0.4, 0.5) is 28.9 Å². The maximum Gasteiger partial charge on any atom is 0.415 e. The number of thioether (sulfide) groups is 1. The van der Waals surface area contributed by atoms with Gasteiger partial charge in [0.1, 0.15) is 17.1 Å². The normalized spacial score (nSPS) is 25.6. The fraction of sp³-hybridized carbons (Fsp3) is 0.316. The SMILES string of the molecule is NC1=N[C@@]2(c3cc(NC(=O)c4ccc(N)cn4)ccc3F)CO[C@H](C(F)(F)F)[C@H]2CS1. The topological polar surface area (TPSA) is 116 Å². The molecule has 3 atom stereocenters. The van der Waals surface area contributed by atoms with Gasteiger partial charge in [0.05, 0.1) is 18.5 Å². The molecule has 0 aliphatic carbocycles. The number of pyridine rings is 1. The van der Waals surface area contributed by atoms with E-state index >= 15 is 0 Å².